The number of nitrogens with zero attached hydrogens (tertiary/aromatic N) is 1. The summed E-state index contributed by atoms with van der Waals surface area (Å²) in [4.78, 5) is 2.17. The second-order valence-electron chi connectivity index (χ2n) is 7.82. The first kappa shape index (κ1) is 23.1. The summed E-state index contributed by atoms with van der Waals surface area (Å²) in [7, 11) is 6.93. The van der Waals surface area contributed by atoms with Crippen molar-refractivity contribution >= 4 is 7.92 Å². The highest BCUT2D eigenvalue weighted by molar-refractivity contribution is 7.61. The van der Waals surface area contributed by atoms with E-state index in [4.69, 9.17) is 9.47 Å². The molecule has 1 aliphatic rings. The molecule has 1 N–H and O–H groups in total. The second-order valence-corrected chi connectivity index (χ2v) is 10.0. The summed E-state index contributed by atoms with van der Waals surface area (Å²) in [5.74, 6) is 1.81. The third-order valence-electron chi connectivity index (χ3n) is 5.47. The van der Waals surface area contributed by atoms with Crippen LogP contribution in [0.15, 0.2) is 83.4 Å². The molecule has 0 bridgehead atoms. The Bertz CT molecular complexity index is 929. The number of benzene rings is 2. The largest absolute Gasteiger partial charge is 0.515 e. The minimum Gasteiger partial charge on any atom is -0.515 e. The number of hydrogen-bond donors (Lipinski definition) is 1. The lowest BCUT2D eigenvalue weighted by molar-refractivity contribution is 0.411. The standard InChI is InChI=1S/C26H32NO3P/c1-27(2)16-15-20-13-14-26(23(20)17-28)31(18-21-9-5-7-11-24(21)29-3)19-22-10-6-8-12-25(22)30-4/h5-14,17,28H,15-16,18-19H2,1-4H3. The first-order valence-electron chi connectivity index (χ1n) is 10.5. The number of hydrogen-bond acceptors (Lipinski definition) is 4. The predicted molar refractivity (Wildman–Crippen MR) is 130 cm³/mol. The van der Waals surface area contributed by atoms with E-state index in [-0.39, 0.29) is 0 Å². The van der Waals surface area contributed by atoms with Gasteiger partial charge in [0.05, 0.1) is 20.5 Å². The summed E-state index contributed by atoms with van der Waals surface area (Å²) in [5.41, 5.74) is 4.54. The van der Waals surface area contributed by atoms with Crippen LogP contribution in [0, 0.1) is 0 Å². The Kier molecular flexibility index (Phi) is 8.34. The van der Waals surface area contributed by atoms with E-state index < -0.39 is 7.92 Å². The van der Waals surface area contributed by atoms with Gasteiger partial charge in [-0.3, -0.25) is 0 Å². The number of aliphatic hydroxyl groups is 1. The van der Waals surface area contributed by atoms with Gasteiger partial charge in [0.1, 0.15) is 11.5 Å². The van der Waals surface area contributed by atoms with Gasteiger partial charge in [0, 0.05) is 24.4 Å². The monoisotopic (exact) mass is 437 g/mol. The molecule has 0 radical (unpaired) electrons. The molecule has 4 nitrogen and oxygen atoms in total. The van der Waals surface area contributed by atoms with Gasteiger partial charge in [-0.2, -0.15) is 0 Å². The lowest BCUT2D eigenvalue weighted by atomic mass is 10.1. The minimum atomic E-state index is -0.649. The second kappa shape index (κ2) is 11.2. The maximum absolute atomic E-state index is 10.2. The number of aliphatic hydroxyl groups excluding tert-OH is 1. The van der Waals surface area contributed by atoms with Crippen LogP contribution in [0.1, 0.15) is 17.5 Å². The normalized spacial score (nSPS) is 14.8. The summed E-state index contributed by atoms with van der Waals surface area (Å²) >= 11 is 0. The lowest BCUT2D eigenvalue weighted by Gasteiger charge is -2.24. The zero-order valence-corrected chi connectivity index (χ0v) is 19.7. The van der Waals surface area contributed by atoms with Crippen molar-refractivity contribution in [2.24, 2.45) is 0 Å². The van der Waals surface area contributed by atoms with Crippen LogP contribution < -0.4 is 9.47 Å². The highest BCUT2D eigenvalue weighted by atomic mass is 31.1. The zero-order chi connectivity index (χ0) is 22.2. The van der Waals surface area contributed by atoms with Crippen molar-refractivity contribution in [2.75, 3.05) is 34.9 Å². The number of ether oxygens (including phenoxy) is 2. The Morgan fingerprint density at radius 3 is 1.90 bits per heavy atom. The van der Waals surface area contributed by atoms with Crippen molar-refractivity contribution in [3.8, 4) is 11.5 Å². The Hall–Kier alpha value is -2.55. The van der Waals surface area contributed by atoms with Crippen LogP contribution in [-0.2, 0) is 12.3 Å². The zero-order valence-electron chi connectivity index (χ0n) is 18.8. The van der Waals surface area contributed by atoms with E-state index >= 15 is 0 Å². The van der Waals surface area contributed by atoms with Crippen LogP contribution >= 0.6 is 7.92 Å². The molecular formula is C26H32NO3P. The molecule has 1 aliphatic carbocycles. The molecule has 0 aromatic heterocycles. The number of allylic oxidation sites excluding steroid dienone is 4. The molecule has 0 saturated heterocycles. The fourth-order valence-electron chi connectivity index (χ4n) is 3.82. The minimum absolute atomic E-state index is 0.649. The van der Waals surface area contributed by atoms with Gasteiger partial charge in [-0.05, 0) is 54.7 Å². The first-order chi connectivity index (χ1) is 15.1. The third-order valence-corrected chi connectivity index (χ3v) is 7.99. The molecule has 31 heavy (non-hydrogen) atoms. The molecule has 0 amide bonds. The molecule has 0 saturated carbocycles. The molecular weight excluding hydrogens is 405 g/mol. The van der Waals surface area contributed by atoms with Crippen LogP contribution in [0.25, 0.3) is 0 Å². The van der Waals surface area contributed by atoms with Gasteiger partial charge >= 0.3 is 0 Å². The Morgan fingerprint density at radius 2 is 1.42 bits per heavy atom. The van der Waals surface area contributed by atoms with Crippen LogP contribution in [0.3, 0.4) is 0 Å². The van der Waals surface area contributed by atoms with Gasteiger partial charge in [-0.15, -0.1) is 0 Å². The van der Waals surface area contributed by atoms with Crippen molar-refractivity contribution in [3.63, 3.8) is 0 Å². The fraction of sp³-hybridized carbons (Fsp3) is 0.308. The van der Waals surface area contributed by atoms with Crippen molar-refractivity contribution in [1.82, 2.24) is 4.90 Å². The van der Waals surface area contributed by atoms with Crippen molar-refractivity contribution in [3.05, 3.63) is 94.5 Å². The van der Waals surface area contributed by atoms with Gasteiger partial charge in [0.2, 0.25) is 0 Å². The summed E-state index contributed by atoms with van der Waals surface area (Å²) in [5, 5.41) is 11.4. The lowest BCUT2D eigenvalue weighted by Crippen LogP contribution is -2.13. The maximum Gasteiger partial charge on any atom is 0.122 e. The maximum atomic E-state index is 10.2. The van der Waals surface area contributed by atoms with Gasteiger partial charge in [0.15, 0.2) is 0 Å². The van der Waals surface area contributed by atoms with Gasteiger partial charge in [0.25, 0.3) is 0 Å². The van der Waals surface area contributed by atoms with Gasteiger partial charge < -0.3 is 19.5 Å². The molecule has 0 aliphatic heterocycles. The summed E-state index contributed by atoms with van der Waals surface area (Å²) in [6.45, 7) is 0.946. The van der Waals surface area contributed by atoms with Crippen molar-refractivity contribution < 1.29 is 14.6 Å². The fourth-order valence-corrected chi connectivity index (χ4v) is 6.44. The molecule has 164 valence electrons. The number of para-hydroxylation sites is 2. The Balaban J connectivity index is 1.92. The topological polar surface area (TPSA) is 41.9 Å². The molecule has 5 heteroatoms. The van der Waals surface area contributed by atoms with E-state index in [1.807, 2.05) is 24.3 Å². The average Bonchev–Trinajstić information content (AvgIpc) is 3.20. The van der Waals surface area contributed by atoms with E-state index in [2.05, 4.69) is 55.4 Å². The number of rotatable bonds is 10. The van der Waals surface area contributed by atoms with Crippen molar-refractivity contribution in [1.29, 1.82) is 0 Å². The molecule has 3 rings (SSSR count). The van der Waals surface area contributed by atoms with Crippen LogP contribution in [0.4, 0.5) is 0 Å². The van der Waals surface area contributed by atoms with Crippen LogP contribution in [-0.4, -0.2) is 44.9 Å². The average molecular weight is 438 g/mol. The van der Waals surface area contributed by atoms with E-state index in [1.165, 1.54) is 28.3 Å². The SMILES string of the molecule is COc1ccccc1CP(Cc1ccccc1OC)C1=CC=C(CCN(C)C)C1=CO. The molecule has 0 fully saturated rings. The van der Waals surface area contributed by atoms with E-state index in [1.54, 1.807) is 14.2 Å². The van der Waals surface area contributed by atoms with Gasteiger partial charge in [-0.1, -0.05) is 56.5 Å². The highest BCUT2D eigenvalue weighted by Crippen LogP contribution is 2.58. The molecule has 2 aromatic carbocycles. The molecule has 2 aromatic rings. The first-order valence-corrected chi connectivity index (χ1v) is 12.2. The molecule has 0 unspecified atom stereocenters. The van der Waals surface area contributed by atoms with Crippen LogP contribution in [0.5, 0.6) is 11.5 Å². The quantitative estimate of drug-likeness (QED) is 0.360. The summed E-state index contributed by atoms with van der Waals surface area (Å²) in [6.07, 6.45) is 8.31. The highest BCUT2D eigenvalue weighted by Gasteiger charge is 2.26. The Morgan fingerprint density at radius 1 is 0.871 bits per heavy atom. The summed E-state index contributed by atoms with van der Waals surface area (Å²) < 4.78 is 11.3. The number of methoxy groups -OCH3 is 2. The smallest absolute Gasteiger partial charge is 0.122 e. The van der Waals surface area contributed by atoms with E-state index in [0.29, 0.717) is 0 Å². The molecule has 0 atom stereocenters. The van der Waals surface area contributed by atoms with Crippen molar-refractivity contribution in [2.45, 2.75) is 18.7 Å². The van der Waals surface area contributed by atoms with Crippen LogP contribution in [0.2, 0.25) is 0 Å². The summed E-state index contributed by atoms with van der Waals surface area (Å²) in [6, 6.07) is 16.4. The van der Waals surface area contributed by atoms with E-state index in [9.17, 15) is 5.11 Å². The predicted octanol–water partition coefficient (Wildman–Crippen LogP) is 6.10. The van der Waals surface area contributed by atoms with E-state index in [0.717, 1.165) is 42.4 Å². The molecule has 0 spiro atoms. The van der Waals surface area contributed by atoms with Gasteiger partial charge in [-0.25, -0.2) is 0 Å². The Labute approximate surface area is 187 Å². The third kappa shape index (κ3) is 5.78. The molecule has 0 heterocycles.